The van der Waals surface area contributed by atoms with Gasteiger partial charge in [0.05, 0.1) is 12.2 Å². The van der Waals surface area contributed by atoms with Crippen LogP contribution in [0.25, 0.3) is 0 Å². The van der Waals surface area contributed by atoms with Gasteiger partial charge in [0.25, 0.3) is 5.91 Å². The van der Waals surface area contributed by atoms with E-state index in [9.17, 15) is 9.59 Å². The number of nitrogens with zero attached hydrogens (tertiary/aromatic N) is 3. The second-order valence-electron chi connectivity index (χ2n) is 8.13. The molecule has 2 heterocycles. The van der Waals surface area contributed by atoms with Crippen molar-refractivity contribution < 1.29 is 9.59 Å². The SMILES string of the molecule is Cc1ccc(C(=O)N2CCCCCCC2)cc1NC(=O)CN(C)Cc1ccccn1. The zero-order valence-corrected chi connectivity index (χ0v) is 18.1. The molecule has 1 saturated heterocycles. The number of anilines is 1. The summed E-state index contributed by atoms with van der Waals surface area (Å²) in [7, 11) is 1.89. The molecule has 1 aromatic carbocycles. The van der Waals surface area contributed by atoms with Crippen LogP contribution in [0.4, 0.5) is 5.69 Å². The maximum absolute atomic E-state index is 13.0. The topological polar surface area (TPSA) is 65.5 Å². The van der Waals surface area contributed by atoms with E-state index in [4.69, 9.17) is 0 Å². The van der Waals surface area contributed by atoms with Gasteiger partial charge in [-0.15, -0.1) is 0 Å². The van der Waals surface area contributed by atoms with Crippen molar-refractivity contribution in [1.29, 1.82) is 0 Å². The summed E-state index contributed by atoms with van der Waals surface area (Å²) in [5.41, 5.74) is 3.20. The van der Waals surface area contributed by atoms with Crippen LogP contribution in [0.3, 0.4) is 0 Å². The molecular weight excluding hydrogens is 376 g/mol. The third-order valence-electron chi connectivity index (χ3n) is 5.47. The van der Waals surface area contributed by atoms with Gasteiger partial charge in [-0.3, -0.25) is 19.5 Å². The molecule has 0 aliphatic carbocycles. The molecule has 2 aromatic rings. The number of aryl methyl sites for hydroxylation is 1. The number of aromatic nitrogens is 1. The molecule has 0 saturated carbocycles. The Morgan fingerprint density at radius 3 is 2.50 bits per heavy atom. The predicted molar refractivity (Wildman–Crippen MR) is 119 cm³/mol. The largest absolute Gasteiger partial charge is 0.339 e. The normalized spacial score (nSPS) is 14.8. The molecule has 1 N–H and O–H groups in total. The minimum absolute atomic E-state index is 0.0552. The summed E-state index contributed by atoms with van der Waals surface area (Å²) in [5.74, 6) is -0.0490. The lowest BCUT2D eigenvalue weighted by atomic mass is 10.1. The van der Waals surface area contributed by atoms with Gasteiger partial charge in [-0.2, -0.15) is 0 Å². The summed E-state index contributed by atoms with van der Waals surface area (Å²) in [6.45, 7) is 4.41. The molecule has 0 spiro atoms. The lowest BCUT2D eigenvalue weighted by Gasteiger charge is -2.25. The van der Waals surface area contributed by atoms with Gasteiger partial charge in [0, 0.05) is 37.1 Å². The van der Waals surface area contributed by atoms with Crippen LogP contribution in [-0.2, 0) is 11.3 Å². The van der Waals surface area contributed by atoms with Gasteiger partial charge in [0.2, 0.25) is 5.91 Å². The number of likely N-dealkylation sites (tertiary alicyclic amines) is 1. The summed E-state index contributed by atoms with van der Waals surface area (Å²) in [6.07, 6.45) is 7.50. The molecule has 6 heteroatoms. The van der Waals surface area contributed by atoms with Gasteiger partial charge in [0.15, 0.2) is 0 Å². The first-order chi connectivity index (χ1) is 14.5. The Hall–Kier alpha value is -2.73. The smallest absolute Gasteiger partial charge is 0.253 e. The number of carbonyl (C=O) groups excluding carboxylic acids is 2. The van der Waals surface area contributed by atoms with Crippen LogP contribution >= 0.6 is 0 Å². The first-order valence-electron chi connectivity index (χ1n) is 10.8. The molecule has 30 heavy (non-hydrogen) atoms. The summed E-state index contributed by atoms with van der Waals surface area (Å²) in [6, 6.07) is 11.3. The van der Waals surface area contributed by atoms with E-state index in [1.165, 1.54) is 19.3 Å². The average Bonchev–Trinajstić information content (AvgIpc) is 2.69. The monoisotopic (exact) mass is 408 g/mol. The fourth-order valence-corrected chi connectivity index (χ4v) is 3.78. The van der Waals surface area contributed by atoms with Crippen molar-refractivity contribution >= 4 is 17.5 Å². The molecule has 3 rings (SSSR count). The number of hydrogen-bond acceptors (Lipinski definition) is 4. The van der Waals surface area contributed by atoms with Crippen molar-refractivity contribution in [1.82, 2.24) is 14.8 Å². The Morgan fingerprint density at radius 1 is 1.07 bits per heavy atom. The standard InChI is InChI=1S/C24H32N4O2/c1-19-11-12-20(24(30)28-14-8-4-3-5-9-15-28)16-22(19)26-23(29)18-27(2)17-21-10-6-7-13-25-21/h6-7,10-13,16H,3-5,8-9,14-15,17-18H2,1-2H3,(H,26,29). The van der Waals surface area contributed by atoms with E-state index < -0.39 is 0 Å². The highest BCUT2D eigenvalue weighted by atomic mass is 16.2. The molecule has 0 bridgehead atoms. The van der Waals surface area contributed by atoms with Gasteiger partial charge < -0.3 is 10.2 Å². The lowest BCUT2D eigenvalue weighted by molar-refractivity contribution is -0.117. The van der Waals surface area contributed by atoms with Crippen LogP contribution in [0.15, 0.2) is 42.6 Å². The number of likely N-dealkylation sites (N-methyl/N-ethyl adjacent to an activating group) is 1. The van der Waals surface area contributed by atoms with Crippen LogP contribution in [-0.4, -0.2) is 53.3 Å². The third-order valence-corrected chi connectivity index (χ3v) is 5.47. The van der Waals surface area contributed by atoms with Gasteiger partial charge in [-0.1, -0.05) is 31.4 Å². The van der Waals surface area contributed by atoms with E-state index in [2.05, 4.69) is 10.3 Å². The minimum atomic E-state index is -0.104. The Morgan fingerprint density at radius 2 is 1.80 bits per heavy atom. The van der Waals surface area contributed by atoms with Gasteiger partial charge in [-0.25, -0.2) is 0 Å². The number of nitrogens with one attached hydrogen (secondary N) is 1. The summed E-state index contributed by atoms with van der Waals surface area (Å²) in [5, 5.41) is 2.98. The van der Waals surface area contributed by atoms with Gasteiger partial charge in [0.1, 0.15) is 0 Å². The van der Waals surface area contributed by atoms with E-state index >= 15 is 0 Å². The van der Waals surface area contributed by atoms with Gasteiger partial charge in [-0.05, 0) is 56.6 Å². The van der Waals surface area contributed by atoms with E-state index in [-0.39, 0.29) is 18.4 Å². The van der Waals surface area contributed by atoms with Crippen molar-refractivity contribution in [2.45, 2.75) is 45.6 Å². The van der Waals surface area contributed by atoms with Crippen molar-refractivity contribution in [3.8, 4) is 0 Å². The minimum Gasteiger partial charge on any atom is -0.339 e. The molecule has 0 atom stereocenters. The van der Waals surface area contributed by atoms with Crippen LogP contribution < -0.4 is 5.32 Å². The second kappa shape index (κ2) is 10.9. The maximum atomic E-state index is 13.0. The van der Waals surface area contributed by atoms with Crippen LogP contribution in [0.5, 0.6) is 0 Å². The molecule has 2 amide bonds. The fourth-order valence-electron chi connectivity index (χ4n) is 3.78. The summed E-state index contributed by atoms with van der Waals surface area (Å²) < 4.78 is 0. The lowest BCUT2D eigenvalue weighted by Crippen LogP contribution is -2.34. The first-order valence-corrected chi connectivity index (χ1v) is 10.8. The summed E-state index contributed by atoms with van der Waals surface area (Å²) in [4.78, 5) is 33.7. The van der Waals surface area contributed by atoms with E-state index in [1.807, 2.05) is 60.2 Å². The number of benzene rings is 1. The zero-order chi connectivity index (χ0) is 21.3. The molecule has 1 fully saturated rings. The molecule has 160 valence electrons. The van der Waals surface area contributed by atoms with E-state index in [1.54, 1.807) is 6.20 Å². The molecule has 1 aliphatic rings. The Balaban J connectivity index is 1.61. The van der Waals surface area contributed by atoms with Crippen LogP contribution in [0.1, 0.15) is 53.7 Å². The molecule has 0 unspecified atom stereocenters. The summed E-state index contributed by atoms with van der Waals surface area (Å²) >= 11 is 0. The van der Waals surface area contributed by atoms with Crippen molar-refractivity contribution in [3.63, 3.8) is 0 Å². The van der Waals surface area contributed by atoms with Crippen molar-refractivity contribution in [2.24, 2.45) is 0 Å². The van der Waals surface area contributed by atoms with E-state index in [0.29, 0.717) is 17.8 Å². The number of rotatable bonds is 6. The molecular formula is C24H32N4O2. The molecule has 1 aliphatic heterocycles. The average molecular weight is 409 g/mol. The number of hydrogen-bond donors (Lipinski definition) is 1. The van der Waals surface area contributed by atoms with Gasteiger partial charge >= 0.3 is 0 Å². The number of pyridine rings is 1. The highest BCUT2D eigenvalue weighted by molar-refractivity contribution is 5.98. The second-order valence-corrected chi connectivity index (χ2v) is 8.13. The Labute approximate surface area is 179 Å². The first kappa shape index (κ1) is 22.0. The molecule has 1 aromatic heterocycles. The van der Waals surface area contributed by atoms with Crippen LogP contribution in [0.2, 0.25) is 0 Å². The fraction of sp³-hybridized carbons (Fsp3) is 0.458. The highest BCUT2D eigenvalue weighted by Gasteiger charge is 2.18. The third kappa shape index (κ3) is 6.39. The van der Waals surface area contributed by atoms with Crippen molar-refractivity contribution in [2.75, 3.05) is 32.0 Å². The predicted octanol–water partition coefficient (Wildman–Crippen LogP) is 3.87. The Kier molecular flexibility index (Phi) is 7.97. The highest BCUT2D eigenvalue weighted by Crippen LogP contribution is 2.20. The molecule has 0 radical (unpaired) electrons. The Bertz CT molecular complexity index is 846. The molecule has 6 nitrogen and oxygen atoms in total. The van der Waals surface area contributed by atoms with Crippen molar-refractivity contribution in [3.05, 3.63) is 59.4 Å². The maximum Gasteiger partial charge on any atom is 0.253 e. The zero-order valence-electron chi connectivity index (χ0n) is 18.1. The number of amides is 2. The van der Waals surface area contributed by atoms with E-state index in [0.717, 1.165) is 37.2 Å². The number of carbonyl (C=O) groups is 2. The quantitative estimate of drug-likeness (QED) is 0.788. The van der Waals surface area contributed by atoms with Crippen LogP contribution in [0, 0.1) is 6.92 Å².